The van der Waals surface area contributed by atoms with Gasteiger partial charge in [0.25, 0.3) is 0 Å². The number of hydrogen-bond acceptors (Lipinski definition) is 2. The van der Waals surface area contributed by atoms with Gasteiger partial charge < -0.3 is 0 Å². The van der Waals surface area contributed by atoms with Crippen molar-refractivity contribution in [3.8, 4) is 0 Å². The first kappa shape index (κ1) is 7.59. The van der Waals surface area contributed by atoms with Gasteiger partial charge in [-0.1, -0.05) is 0 Å². The molecule has 0 saturated carbocycles. The SMILES string of the molecule is [B]=N[B]N(C)B=NC. The summed E-state index contributed by atoms with van der Waals surface area (Å²) in [5, 5.41) is 0. The van der Waals surface area contributed by atoms with Crippen LogP contribution in [0.5, 0.6) is 0 Å². The van der Waals surface area contributed by atoms with Crippen molar-refractivity contribution >= 4 is 22.4 Å². The average molecular weight is 105 g/mol. The molecule has 0 aromatic rings. The Hall–Kier alpha value is -0.405. The third kappa shape index (κ3) is 3.77. The Labute approximate surface area is 51.9 Å². The minimum atomic E-state index is 1.47. The predicted octanol–water partition coefficient (Wildman–Crippen LogP) is -0.763. The van der Waals surface area contributed by atoms with Gasteiger partial charge in [-0.05, 0) is 0 Å². The van der Waals surface area contributed by atoms with Crippen LogP contribution in [0.2, 0.25) is 0 Å². The predicted molar refractivity (Wildman–Crippen MR) is 35.8 cm³/mol. The van der Waals surface area contributed by atoms with Crippen LogP contribution in [0.25, 0.3) is 0 Å². The summed E-state index contributed by atoms with van der Waals surface area (Å²) in [5.74, 6) is 0. The molecule has 0 saturated heterocycles. The molecule has 0 aliphatic carbocycles. The molecule has 0 amide bonds. The second-order valence-corrected chi connectivity index (χ2v) is 1.30. The van der Waals surface area contributed by atoms with E-state index in [1.807, 2.05) is 0 Å². The average Bonchev–Trinajstić information content (AvgIpc) is 1.68. The molecule has 0 aromatic heterocycles. The number of rotatable bonds is 3. The van der Waals surface area contributed by atoms with E-state index < -0.39 is 0 Å². The molecule has 0 heterocycles. The van der Waals surface area contributed by atoms with Crippen molar-refractivity contribution in [2.75, 3.05) is 14.1 Å². The molecule has 2 radical (unpaired) electrons. The van der Waals surface area contributed by atoms with Gasteiger partial charge in [-0.25, -0.2) is 0 Å². The molecule has 6 heteroatoms. The molecule has 0 unspecified atom stereocenters. The Morgan fingerprint density at radius 3 is 2.62 bits per heavy atom. The molecule has 0 aromatic carbocycles. The molecule has 0 N–H and O–H groups in total. The fourth-order valence-electron chi connectivity index (χ4n) is 0.317. The van der Waals surface area contributed by atoms with Gasteiger partial charge in [-0.15, -0.1) is 0 Å². The van der Waals surface area contributed by atoms with Crippen molar-refractivity contribution in [2.45, 2.75) is 0 Å². The van der Waals surface area contributed by atoms with Crippen molar-refractivity contribution in [3.63, 3.8) is 0 Å². The van der Waals surface area contributed by atoms with E-state index in [4.69, 9.17) is 7.64 Å². The monoisotopic (exact) mass is 105 g/mol. The summed E-state index contributed by atoms with van der Waals surface area (Å²) < 4.78 is 1.65. The van der Waals surface area contributed by atoms with Gasteiger partial charge in [0.15, 0.2) is 0 Å². The van der Waals surface area contributed by atoms with Gasteiger partial charge >= 0.3 is 50.9 Å². The molecule has 38 valence electrons. The van der Waals surface area contributed by atoms with Gasteiger partial charge in [0.1, 0.15) is 0 Å². The number of hydrogen-bond donors (Lipinski definition) is 0. The standard InChI is InChI=1S/C2H6B3N3/c1-6-4-8(2)5-7-3/h1-2H3. The first-order valence-electron chi connectivity index (χ1n) is 2.19. The van der Waals surface area contributed by atoms with Crippen molar-refractivity contribution in [2.24, 2.45) is 9.70 Å². The van der Waals surface area contributed by atoms with Crippen LogP contribution in [0.1, 0.15) is 0 Å². The number of nitrogens with zero attached hydrogens (tertiary/aromatic N) is 3. The molecule has 0 bridgehead atoms. The maximum atomic E-state index is 4.83. The molecule has 8 heavy (non-hydrogen) atoms. The fraction of sp³-hybridized carbons (Fsp3) is 1.00. The van der Waals surface area contributed by atoms with Gasteiger partial charge in [0.2, 0.25) is 0 Å². The third-order valence-corrected chi connectivity index (χ3v) is 0.546. The van der Waals surface area contributed by atoms with Crippen LogP contribution in [-0.2, 0) is 0 Å². The van der Waals surface area contributed by atoms with E-state index in [9.17, 15) is 0 Å². The summed E-state index contributed by atoms with van der Waals surface area (Å²) in [6.45, 7) is 0. The molecular weight excluding hydrogens is 98.5 g/mol. The van der Waals surface area contributed by atoms with Crippen molar-refractivity contribution < 1.29 is 0 Å². The summed E-state index contributed by atoms with van der Waals surface area (Å²) in [6, 6.07) is 0. The van der Waals surface area contributed by atoms with E-state index in [-0.39, 0.29) is 0 Å². The summed E-state index contributed by atoms with van der Waals surface area (Å²) in [5.41, 5.74) is 0. The molecular formula is C2H6B3N3. The topological polar surface area (TPSA) is 28.0 Å². The Morgan fingerprint density at radius 2 is 2.25 bits per heavy atom. The van der Waals surface area contributed by atoms with E-state index in [2.05, 4.69) is 9.70 Å². The second-order valence-electron chi connectivity index (χ2n) is 1.30. The Balaban J connectivity index is 3.31. The van der Waals surface area contributed by atoms with Crippen LogP contribution in [0, 0.1) is 0 Å². The quantitative estimate of drug-likeness (QED) is 0.433. The van der Waals surface area contributed by atoms with Gasteiger partial charge in [-0.2, -0.15) is 0 Å². The first-order chi connectivity index (χ1) is 3.81. The molecule has 0 aliphatic rings. The minimum absolute atomic E-state index is 1.47. The Kier molecular flexibility index (Phi) is 4.51. The van der Waals surface area contributed by atoms with Crippen molar-refractivity contribution in [1.29, 1.82) is 0 Å². The van der Waals surface area contributed by atoms with Gasteiger partial charge in [0, 0.05) is 0 Å². The molecule has 3 nitrogen and oxygen atoms in total. The normalized spacial score (nSPS) is 8.12. The summed E-state index contributed by atoms with van der Waals surface area (Å²) in [7, 11) is 11.4. The van der Waals surface area contributed by atoms with Crippen LogP contribution in [0.3, 0.4) is 0 Å². The van der Waals surface area contributed by atoms with Gasteiger partial charge in [0.05, 0.1) is 0 Å². The van der Waals surface area contributed by atoms with Crippen LogP contribution < -0.4 is 0 Å². The zero-order valence-corrected chi connectivity index (χ0v) is 5.07. The summed E-state index contributed by atoms with van der Waals surface area (Å²) in [4.78, 5) is 6.97. The van der Waals surface area contributed by atoms with Crippen LogP contribution in [-0.4, -0.2) is 41.2 Å². The zero-order chi connectivity index (χ0) is 6.41. The molecule has 0 fully saturated rings. The van der Waals surface area contributed by atoms with E-state index in [1.165, 1.54) is 7.55 Å². The van der Waals surface area contributed by atoms with E-state index >= 15 is 0 Å². The molecule has 0 rings (SSSR count). The van der Waals surface area contributed by atoms with Crippen molar-refractivity contribution in [3.05, 3.63) is 0 Å². The van der Waals surface area contributed by atoms with Crippen molar-refractivity contribution in [1.82, 2.24) is 4.72 Å². The third-order valence-electron chi connectivity index (χ3n) is 0.546. The summed E-state index contributed by atoms with van der Waals surface area (Å²) in [6.07, 6.45) is 0. The van der Waals surface area contributed by atoms with Crippen LogP contribution in [0.4, 0.5) is 0 Å². The summed E-state index contributed by atoms with van der Waals surface area (Å²) >= 11 is 0. The Morgan fingerprint density at radius 1 is 1.62 bits per heavy atom. The van der Waals surface area contributed by atoms with Crippen LogP contribution in [0.15, 0.2) is 9.70 Å². The molecule has 0 spiro atoms. The fourth-order valence-corrected chi connectivity index (χ4v) is 0.317. The van der Waals surface area contributed by atoms with E-state index in [1.54, 1.807) is 26.0 Å². The second kappa shape index (κ2) is 4.75. The van der Waals surface area contributed by atoms with E-state index in [0.29, 0.717) is 0 Å². The molecule has 0 atom stereocenters. The van der Waals surface area contributed by atoms with E-state index in [0.717, 1.165) is 0 Å². The van der Waals surface area contributed by atoms with Crippen LogP contribution >= 0.6 is 0 Å². The zero-order valence-electron chi connectivity index (χ0n) is 5.07. The Bertz CT molecular complexity index is 92.5. The maximum absolute atomic E-state index is 4.83. The first-order valence-corrected chi connectivity index (χ1v) is 2.19. The van der Waals surface area contributed by atoms with Gasteiger partial charge in [-0.3, -0.25) is 0 Å². The molecule has 0 aliphatic heterocycles.